The van der Waals surface area contributed by atoms with Gasteiger partial charge in [-0.2, -0.15) is 0 Å². The summed E-state index contributed by atoms with van der Waals surface area (Å²) in [6, 6.07) is 13.4. The van der Waals surface area contributed by atoms with Crippen molar-refractivity contribution in [1.82, 2.24) is 10.6 Å². The summed E-state index contributed by atoms with van der Waals surface area (Å²) in [5.74, 6) is -2.27. The Morgan fingerprint density at radius 3 is 1.33 bits per heavy atom. The van der Waals surface area contributed by atoms with E-state index in [0.717, 1.165) is 12.8 Å². The number of hydrogen-bond acceptors (Lipinski definition) is 6. The van der Waals surface area contributed by atoms with Crippen molar-refractivity contribution >= 4 is 35.1 Å². The van der Waals surface area contributed by atoms with Gasteiger partial charge in [-0.25, -0.2) is 0 Å². The Morgan fingerprint density at radius 1 is 0.636 bits per heavy atom. The summed E-state index contributed by atoms with van der Waals surface area (Å²) < 4.78 is 0. The number of carboxylic acid groups (broad SMARTS) is 2. The molecule has 178 valence electrons. The Balaban J connectivity index is 0.000000389. The van der Waals surface area contributed by atoms with Gasteiger partial charge in [-0.05, 0) is 37.1 Å². The summed E-state index contributed by atoms with van der Waals surface area (Å²) >= 11 is 0. The van der Waals surface area contributed by atoms with Crippen LogP contribution in [0.3, 0.4) is 0 Å². The van der Waals surface area contributed by atoms with E-state index in [-0.39, 0.29) is 31.3 Å². The van der Waals surface area contributed by atoms with Gasteiger partial charge < -0.3 is 32.3 Å². The maximum Gasteiger partial charge on any atom is 0.303 e. The van der Waals surface area contributed by atoms with Crippen molar-refractivity contribution in [3.63, 3.8) is 0 Å². The molecule has 0 radical (unpaired) electrons. The van der Waals surface area contributed by atoms with E-state index >= 15 is 0 Å². The van der Waals surface area contributed by atoms with Crippen LogP contribution < -0.4 is 22.1 Å². The number of carbonyl (C=O) groups is 4. The highest BCUT2D eigenvalue weighted by Gasteiger charge is 2.10. The molecule has 0 spiro atoms. The van der Waals surface area contributed by atoms with Gasteiger partial charge in [0.25, 0.3) is 11.8 Å². The van der Waals surface area contributed by atoms with Crippen molar-refractivity contribution < 1.29 is 29.4 Å². The van der Waals surface area contributed by atoms with Crippen molar-refractivity contribution in [3.05, 3.63) is 59.7 Å². The van der Waals surface area contributed by atoms with Crippen LogP contribution in [0, 0.1) is 0 Å². The number of benzene rings is 2. The van der Waals surface area contributed by atoms with E-state index in [1.165, 1.54) is 0 Å². The predicted molar refractivity (Wildman–Crippen MR) is 124 cm³/mol. The van der Waals surface area contributed by atoms with Crippen molar-refractivity contribution in [1.29, 1.82) is 0 Å². The number of amides is 2. The molecule has 0 aliphatic heterocycles. The highest BCUT2D eigenvalue weighted by atomic mass is 16.4. The van der Waals surface area contributed by atoms with E-state index < -0.39 is 11.9 Å². The lowest BCUT2D eigenvalue weighted by atomic mass is 10.1. The number of carboxylic acids is 2. The Kier molecular flexibility index (Phi) is 12.1. The average molecular weight is 459 g/mol. The van der Waals surface area contributed by atoms with Gasteiger partial charge in [0.15, 0.2) is 0 Å². The quantitative estimate of drug-likeness (QED) is 0.168. The minimum absolute atomic E-state index is 0.0136. The van der Waals surface area contributed by atoms with Crippen LogP contribution in [0.15, 0.2) is 48.5 Å². The number of nitrogens with one attached hydrogen (secondary N) is 2. The van der Waals surface area contributed by atoms with Crippen LogP contribution in [0.25, 0.3) is 0 Å². The van der Waals surface area contributed by atoms with Crippen LogP contribution in [-0.2, 0) is 9.59 Å². The first kappa shape index (κ1) is 27.0. The van der Waals surface area contributed by atoms with E-state index in [1.807, 2.05) is 0 Å². The van der Waals surface area contributed by atoms with Gasteiger partial charge in [0.05, 0.1) is 17.8 Å². The van der Waals surface area contributed by atoms with Gasteiger partial charge in [-0.15, -0.1) is 0 Å². The molecule has 0 fully saturated rings. The fourth-order valence-electron chi connectivity index (χ4n) is 2.71. The van der Waals surface area contributed by atoms with Crippen LogP contribution in [-0.4, -0.2) is 40.6 Å². The summed E-state index contributed by atoms with van der Waals surface area (Å²) in [5.41, 5.74) is 12.9. The van der Waals surface area contributed by atoms with Crippen molar-refractivity contribution in [3.8, 4) is 0 Å². The molecular weight excluding hydrogens is 428 g/mol. The Labute approximate surface area is 192 Å². The smallest absolute Gasteiger partial charge is 0.303 e. The van der Waals surface area contributed by atoms with Gasteiger partial charge in [0, 0.05) is 24.2 Å². The van der Waals surface area contributed by atoms with Crippen molar-refractivity contribution in [2.75, 3.05) is 18.1 Å². The highest BCUT2D eigenvalue weighted by molar-refractivity contribution is 6.01. The van der Waals surface area contributed by atoms with Gasteiger partial charge in [0.1, 0.15) is 0 Å². The topological polar surface area (TPSA) is 185 Å². The van der Waals surface area contributed by atoms with Crippen LogP contribution in [0.5, 0.6) is 0 Å². The van der Waals surface area contributed by atoms with Crippen LogP contribution in [0.4, 0.5) is 11.4 Å². The lowest BCUT2D eigenvalue weighted by Crippen LogP contribution is -2.37. The second kappa shape index (κ2) is 14.8. The molecule has 10 heteroatoms. The van der Waals surface area contributed by atoms with E-state index in [9.17, 15) is 19.2 Å². The SMILES string of the molecule is Nc1ccccc1C(=O)NCNC(=O)c1ccccc1N.O=C(O)CCCCCCC(=O)O. The molecule has 2 rings (SSSR count). The molecule has 2 aromatic carbocycles. The van der Waals surface area contributed by atoms with Crippen molar-refractivity contribution in [2.45, 2.75) is 38.5 Å². The number of hydrogen-bond donors (Lipinski definition) is 6. The zero-order valence-corrected chi connectivity index (χ0v) is 18.3. The highest BCUT2D eigenvalue weighted by Crippen LogP contribution is 2.11. The maximum absolute atomic E-state index is 11.9. The maximum atomic E-state index is 11.9. The number of nitrogen functional groups attached to an aromatic ring is 2. The molecule has 0 saturated heterocycles. The molecule has 0 bridgehead atoms. The fraction of sp³-hybridized carbons (Fsp3) is 0.304. The first-order valence-corrected chi connectivity index (χ1v) is 10.4. The monoisotopic (exact) mass is 458 g/mol. The first-order chi connectivity index (χ1) is 15.7. The molecular formula is C23H30N4O6. The zero-order valence-electron chi connectivity index (χ0n) is 18.3. The summed E-state index contributed by atoms with van der Waals surface area (Å²) in [4.78, 5) is 43.9. The molecule has 0 atom stereocenters. The summed E-state index contributed by atoms with van der Waals surface area (Å²) in [6.45, 7) is -0.0136. The van der Waals surface area contributed by atoms with Crippen LogP contribution >= 0.6 is 0 Å². The lowest BCUT2D eigenvalue weighted by molar-refractivity contribution is -0.138. The predicted octanol–water partition coefficient (Wildman–Crippen LogP) is 2.46. The van der Waals surface area contributed by atoms with E-state index in [1.54, 1.807) is 48.5 Å². The lowest BCUT2D eigenvalue weighted by Gasteiger charge is -2.09. The van der Waals surface area contributed by atoms with Gasteiger partial charge in [-0.3, -0.25) is 19.2 Å². The molecule has 0 aliphatic carbocycles. The largest absolute Gasteiger partial charge is 0.481 e. The molecule has 8 N–H and O–H groups in total. The summed E-state index contributed by atoms with van der Waals surface area (Å²) in [7, 11) is 0. The summed E-state index contributed by atoms with van der Waals surface area (Å²) in [5, 5.41) is 21.7. The van der Waals surface area contributed by atoms with Crippen molar-refractivity contribution in [2.24, 2.45) is 0 Å². The first-order valence-electron chi connectivity index (χ1n) is 10.4. The third-order valence-corrected chi connectivity index (χ3v) is 4.44. The molecule has 0 aliphatic rings. The van der Waals surface area contributed by atoms with Crippen LogP contribution in [0.2, 0.25) is 0 Å². The molecule has 0 unspecified atom stereocenters. The minimum Gasteiger partial charge on any atom is -0.481 e. The average Bonchev–Trinajstić information content (AvgIpc) is 2.76. The normalized spacial score (nSPS) is 9.82. The molecule has 2 aromatic rings. The molecule has 2 amide bonds. The number of unbranched alkanes of at least 4 members (excludes halogenated alkanes) is 3. The number of carbonyl (C=O) groups excluding carboxylic acids is 2. The third-order valence-electron chi connectivity index (χ3n) is 4.44. The van der Waals surface area contributed by atoms with Gasteiger partial charge in [0.2, 0.25) is 0 Å². The molecule has 10 nitrogen and oxygen atoms in total. The van der Waals surface area contributed by atoms with Crippen LogP contribution in [0.1, 0.15) is 59.2 Å². The van der Waals surface area contributed by atoms with Gasteiger partial charge in [-0.1, -0.05) is 37.1 Å². The zero-order chi connectivity index (χ0) is 24.6. The van der Waals surface area contributed by atoms with E-state index in [0.29, 0.717) is 35.3 Å². The number of rotatable bonds is 11. The second-order valence-electron chi connectivity index (χ2n) is 7.06. The Bertz CT molecular complexity index is 873. The molecule has 0 aromatic heterocycles. The fourth-order valence-corrected chi connectivity index (χ4v) is 2.71. The molecule has 0 heterocycles. The number of nitrogens with two attached hydrogens (primary N) is 2. The Hall–Kier alpha value is -4.08. The minimum atomic E-state index is -0.784. The van der Waals surface area contributed by atoms with Gasteiger partial charge >= 0.3 is 11.9 Å². The second-order valence-corrected chi connectivity index (χ2v) is 7.06. The number of anilines is 2. The number of para-hydroxylation sites is 2. The van der Waals surface area contributed by atoms with E-state index in [4.69, 9.17) is 21.7 Å². The standard InChI is InChI=1S/C15H16N4O2.C8H14O4/c16-12-7-3-1-5-10(12)14(20)18-9-19-15(21)11-6-2-4-8-13(11)17;9-7(10)5-3-1-2-4-6-8(11)12/h1-8H,9,16-17H2,(H,18,20)(H,19,21);1-6H2,(H,9,10)(H,11,12). The number of aliphatic carboxylic acids is 2. The summed E-state index contributed by atoms with van der Waals surface area (Å²) in [6.07, 6.45) is 3.28. The third kappa shape index (κ3) is 11.2. The Morgan fingerprint density at radius 2 is 1.00 bits per heavy atom. The van der Waals surface area contributed by atoms with E-state index in [2.05, 4.69) is 10.6 Å². The molecule has 33 heavy (non-hydrogen) atoms. The molecule has 0 saturated carbocycles.